The van der Waals surface area contributed by atoms with Crippen LogP contribution in [0, 0.1) is 5.92 Å². The van der Waals surface area contributed by atoms with E-state index in [4.69, 9.17) is 21.1 Å². The molecule has 1 amide bonds. The number of carbonyl (C=O) groups excluding carboxylic acids is 1. The predicted molar refractivity (Wildman–Crippen MR) is 133 cm³/mol. The van der Waals surface area contributed by atoms with Gasteiger partial charge in [-0.3, -0.25) is 4.98 Å². The van der Waals surface area contributed by atoms with Crippen molar-refractivity contribution < 1.29 is 14.3 Å². The van der Waals surface area contributed by atoms with Gasteiger partial charge in [-0.05, 0) is 63.8 Å². The highest BCUT2D eigenvalue weighted by atomic mass is 35.5. The second-order valence-corrected chi connectivity index (χ2v) is 10.4. The number of aromatic nitrogens is 2. The van der Waals surface area contributed by atoms with Gasteiger partial charge in [0.2, 0.25) is 5.88 Å². The summed E-state index contributed by atoms with van der Waals surface area (Å²) in [6.07, 6.45) is 3.73. The molecule has 0 saturated heterocycles. The van der Waals surface area contributed by atoms with Crippen molar-refractivity contribution in [1.82, 2.24) is 15.3 Å². The molecule has 6 nitrogen and oxygen atoms in total. The van der Waals surface area contributed by atoms with Crippen LogP contribution in [-0.4, -0.2) is 33.8 Å². The number of rotatable bonds is 7. The molecule has 0 aliphatic heterocycles. The minimum absolute atomic E-state index is 0.203. The molecule has 0 spiro atoms. The van der Waals surface area contributed by atoms with Gasteiger partial charge in [0, 0.05) is 23.3 Å². The van der Waals surface area contributed by atoms with Crippen LogP contribution in [0.15, 0.2) is 48.8 Å². The number of hydrogen-bond acceptors (Lipinski definition) is 5. The van der Waals surface area contributed by atoms with Crippen LogP contribution in [0.5, 0.6) is 5.88 Å². The van der Waals surface area contributed by atoms with E-state index in [1.807, 2.05) is 64.1 Å². The van der Waals surface area contributed by atoms with Gasteiger partial charge in [-0.1, -0.05) is 43.6 Å². The van der Waals surface area contributed by atoms with Gasteiger partial charge in [-0.2, -0.15) is 0 Å². The van der Waals surface area contributed by atoms with Crippen LogP contribution in [0.3, 0.4) is 0 Å². The largest absolute Gasteiger partial charge is 0.474 e. The topological polar surface area (TPSA) is 73.3 Å². The number of para-hydroxylation sites is 1. The van der Waals surface area contributed by atoms with Gasteiger partial charge in [0.05, 0.1) is 11.1 Å². The first-order valence-electron chi connectivity index (χ1n) is 11.1. The molecular weight excluding hydrogens is 438 g/mol. The Morgan fingerprint density at radius 1 is 1.12 bits per heavy atom. The highest BCUT2D eigenvalue weighted by molar-refractivity contribution is 6.32. The summed E-state index contributed by atoms with van der Waals surface area (Å²) in [5, 5.41) is 4.39. The summed E-state index contributed by atoms with van der Waals surface area (Å²) < 4.78 is 11.4. The van der Waals surface area contributed by atoms with Crippen LogP contribution in [0.4, 0.5) is 4.79 Å². The standard InChI is InChI=1S/C26H32ClN3O3/c1-17(2)14-26(6,30-24(31)33-25(3,4)5)16-32-23-21(27)13-18(15-29-23)19-11-12-28-22-10-8-7-9-20(19)22/h7-13,15,17H,14,16H2,1-6H3,(H,30,31). The minimum Gasteiger partial charge on any atom is -0.474 e. The third-order valence-corrected chi connectivity index (χ3v) is 5.23. The van der Waals surface area contributed by atoms with Gasteiger partial charge in [-0.15, -0.1) is 0 Å². The van der Waals surface area contributed by atoms with E-state index in [0.29, 0.717) is 23.2 Å². The lowest BCUT2D eigenvalue weighted by Crippen LogP contribution is -2.52. The van der Waals surface area contributed by atoms with Crippen LogP contribution < -0.4 is 10.1 Å². The lowest BCUT2D eigenvalue weighted by atomic mass is 9.91. The Labute approximate surface area is 200 Å². The van der Waals surface area contributed by atoms with E-state index in [1.165, 1.54) is 0 Å². The lowest BCUT2D eigenvalue weighted by molar-refractivity contribution is 0.0406. The van der Waals surface area contributed by atoms with Gasteiger partial charge < -0.3 is 14.8 Å². The Morgan fingerprint density at radius 2 is 1.85 bits per heavy atom. The first-order chi connectivity index (χ1) is 15.5. The molecule has 2 aromatic heterocycles. The molecule has 0 saturated carbocycles. The number of benzene rings is 1. The Bertz CT molecular complexity index is 1120. The molecule has 1 aromatic carbocycles. The van der Waals surface area contributed by atoms with Crippen LogP contribution in [0.25, 0.3) is 22.0 Å². The summed E-state index contributed by atoms with van der Waals surface area (Å²) in [6, 6.07) is 11.7. The number of ether oxygens (including phenoxy) is 2. The van der Waals surface area contributed by atoms with Gasteiger partial charge in [0.1, 0.15) is 17.2 Å². The minimum atomic E-state index is -0.651. The molecule has 0 bridgehead atoms. The number of fused-ring (bicyclic) bond motifs is 1. The molecule has 0 radical (unpaired) electrons. The quantitative estimate of drug-likeness (QED) is 0.418. The number of hydrogen-bond donors (Lipinski definition) is 1. The number of amides is 1. The van der Waals surface area contributed by atoms with Crippen molar-refractivity contribution in [2.45, 2.75) is 59.1 Å². The maximum atomic E-state index is 12.4. The smallest absolute Gasteiger partial charge is 0.408 e. The Kier molecular flexibility index (Phi) is 7.48. The number of halogens is 1. The van der Waals surface area contributed by atoms with E-state index in [0.717, 1.165) is 22.0 Å². The SMILES string of the molecule is CC(C)CC(C)(COc1ncc(-c2ccnc3ccccc23)cc1Cl)NC(=O)OC(C)(C)C. The molecule has 33 heavy (non-hydrogen) atoms. The Balaban J connectivity index is 1.78. The molecule has 3 aromatic rings. The van der Waals surface area contributed by atoms with E-state index in [9.17, 15) is 4.79 Å². The number of nitrogens with zero attached hydrogens (tertiary/aromatic N) is 2. The molecule has 176 valence electrons. The average Bonchev–Trinajstić information content (AvgIpc) is 2.70. The average molecular weight is 470 g/mol. The van der Waals surface area contributed by atoms with E-state index in [2.05, 4.69) is 29.1 Å². The Hall–Kier alpha value is -2.86. The molecule has 1 atom stereocenters. The third kappa shape index (κ3) is 6.81. The summed E-state index contributed by atoms with van der Waals surface area (Å²) in [7, 11) is 0. The summed E-state index contributed by atoms with van der Waals surface area (Å²) in [5.41, 5.74) is 1.55. The molecule has 0 aliphatic carbocycles. The molecule has 1 N–H and O–H groups in total. The summed E-state index contributed by atoms with van der Waals surface area (Å²) in [6.45, 7) is 11.8. The van der Waals surface area contributed by atoms with Crippen molar-refractivity contribution in [3.05, 3.63) is 53.8 Å². The van der Waals surface area contributed by atoms with E-state index >= 15 is 0 Å². The van der Waals surface area contributed by atoms with E-state index in [1.54, 1.807) is 12.4 Å². The lowest BCUT2D eigenvalue weighted by Gasteiger charge is -2.33. The van der Waals surface area contributed by atoms with Crippen molar-refractivity contribution in [3.63, 3.8) is 0 Å². The van der Waals surface area contributed by atoms with Crippen LogP contribution >= 0.6 is 11.6 Å². The maximum absolute atomic E-state index is 12.4. The van der Waals surface area contributed by atoms with Crippen LogP contribution in [0.2, 0.25) is 5.02 Å². The zero-order valence-electron chi connectivity index (χ0n) is 20.1. The molecular formula is C26H32ClN3O3. The number of nitrogens with one attached hydrogen (secondary N) is 1. The molecule has 3 rings (SSSR count). The second-order valence-electron chi connectivity index (χ2n) is 9.96. The fourth-order valence-corrected chi connectivity index (χ4v) is 4.07. The molecule has 1 unspecified atom stereocenters. The van der Waals surface area contributed by atoms with Gasteiger partial charge in [0.15, 0.2) is 0 Å². The molecule has 7 heteroatoms. The monoisotopic (exact) mass is 469 g/mol. The van der Waals surface area contributed by atoms with Crippen molar-refractivity contribution in [1.29, 1.82) is 0 Å². The maximum Gasteiger partial charge on any atom is 0.408 e. The third-order valence-electron chi connectivity index (χ3n) is 4.96. The first-order valence-corrected chi connectivity index (χ1v) is 11.5. The number of carbonyl (C=O) groups is 1. The molecule has 0 fully saturated rings. The number of pyridine rings is 2. The summed E-state index contributed by atoms with van der Waals surface area (Å²) in [4.78, 5) is 21.3. The van der Waals surface area contributed by atoms with Crippen molar-refractivity contribution in [3.8, 4) is 17.0 Å². The zero-order valence-corrected chi connectivity index (χ0v) is 20.9. The number of alkyl carbamates (subject to hydrolysis) is 1. The van der Waals surface area contributed by atoms with E-state index < -0.39 is 17.2 Å². The molecule has 2 heterocycles. The highest BCUT2D eigenvalue weighted by Crippen LogP contribution is 2.32. The summed E-state index contributed by atoms with van der Waals surface area (Å²) >= 11 is 6.54. The fraction of sp³-hybridized carbons (Fsp3) is 0.423. The first kappa shape index (κ1) is 24.8. The molecule has 0 aliphatic rings. The van der Waals surface area contributed by atoms with Crippen molar-refractivity contribution >= 4 is 28.6 Å². The van der Waals surface area contributed by atoms with Crippen LogP contribution in [0.1, 0.15) is 48.0 Å². The van der Waals surface area contributed by atoms with Crippen molar-refractivity contribution in [2.75, 3.05) is 6.61 Å². The van der Waals surface area contributed by atoms with Crippen LogP contribution in [-0.2, 0) is 4.74 Å². The Morgan fingerprint density at radius 3 is 2.52 bits per heavy atom. The predicted octanol–water partition coefficient (Wildman–Crippen LogP) is 6.66. The van der Waals surface area contributed by atoms with Crippen molar-refractivity contribution in [2.24, 2.45) is 5.92 Å². The summed E-state index contributed by atoms with van der Waals surface area (Å²) in [5.74, 6) is 0.652. The van der Waals surface area contributed by atoms with Gasteiger partial charge in [-0.25, -0.2) is 9.78 Å². The zero-order chi connectivity index (χ0) is 24.2. The van der Waals surface area contributed by atoms with Gasteiger partial charge >= 0.3 is 6.09 Å². The fourth-order valence-electron chi connectivity index (χ4n) is 3.85. The highest BCUT2D eigenvalue weighted by Gasteiger charge is 2.31. The van der Waals surface area contributed by atoms with Gasteiger partial charge in [0.25, 0.3) is 0 Å². The normalized spacial score (nSPS) is 13.6. The van der Waals surface area contributed by atoms with E-state index in [-0.39, 0.29) is 6.61 Å². The second kappa shape index (κ2) is 9.96.